The number of hydrogen-bond donors (Lipinski definition) is 1. The van der Waals surface area contributed by atoms with E-state index >= 15 is 0 Å². The fraction of sp³-hybridized carbons (Fsp3) is 0.357. The summed E-state index contributed by atoms with van der Waals surface area (Å²) in [5.74, 6) is -0.699. The molecular weight excluding hydrogens is 214 g/mol. The van der Waals surface area contributed by atoms with Gasteiger partial charge in [-0.1, -0.05) is 42.5 Å². The monoisotopic (exact) mass is 231 g/mol. The van der Waals surface area contributed by atoms with Crippen LogP contribution in [0.3, 0.4) is 0 Å². The largest absolute Gasteiger partial charge is 0.480 e. The normalized spacial score (nSPS) is 21.1. The van der Waals surface area contributed by atoms with Gasteiger partial charge in [-0.3, -0.25) is 9.69 Å². The lowest BCUT2D eigenvalue weighted by Gasteiger charge is -2.18. The predicted molar refractivity (Wildman–Crippen MR) is 67.7 cm³/mol. The molecule has 0 aromatic heterocycles. The number of rotatable bonds is 4. The van der Waals surface area contributed by atoms with E-state index in [0.717, 1.165) is 24.9 Å². The zero-order valence-electron chi connectivity index (χ0n) is 9.75. The lowest BCUT2D eigenvalue weighted by Crippen LogP contribution is -2.35. The van der Waals surface area contributed by atoms with Crippen LogP contribution in [-0.2, 0) is 4.79 Å². The summed E-state index contributed by atoms with van der Waals surface area (Å²) < 4.78 is 0. The van der Waals surface area contributed by atoms with E-state index in [9.17, 15) is 4.79 Å². The Labute approximate surface area is 101 Å². The van der Waals surface area contributed by atoms with Crippen molar-refractivity contribution in [2.45, 2.75) is 18.9 Å². The Morgan fingerprint density at radius 3 is 2.88 bits per heavy atom. The van der Waals surface area contributed by atoms with Gasteiger partial charge in [-0.25, -0.2) is 0 Å². The Kier molecular flexibility index (Phi) is 3.94. The molecule has 1 atom stereocenters. The Hall–Kier alpha value is -1.61. The second-order valence-electron chi connectivity index (χ2n) is 4.30. The fourth-order valence-electron chi connectivity index (χ4n) is 2.21. The standard InChI is InChI=1S/C14H17NO2/c16-14(17)13-9-5-11-15(13)10-4-8-12-6-2-1-3-7-12/h1-4,6-8,13H,5,9-11H2,(H,16,17). The summed E-state index contributed by atoms with van der Waals surface area (Å²) in [4.78, 5) is 13.0. The molecule has 1 N–H and O–H groups in total. The van der Waals surface area contributed by atoms with Crippen LogP contribution in [0, 0.1) is 0 Å². The van der Waals surface area contributed by atoms with E-state index in [1.807, 2.05) is 47.4 Å². The van der Waals surface area contributed by atoms with Crippen LogP contribution in [-0.4, -0.2) is 35.1 Å². The number of nitrogens with zero attached hydrogens (tertiary/aromatic N) is 1. The molecule has 1 aromatic carbocycles. The molecule has 0 amide bonds. The van der Waals surface area contributed by atoms with Gasteiger partial charge in [0.1, 0.15) is 6.04 Å². The Morgan fingerprint density at radius 2 is 2.18 bits per heavy atom. The van der Waals surface area contributed by atoms with Crippen molar-refractivity contribution in [1.29, 1.82) is 0 Å². The number of carbonyl (C=O) groups is 1. The molecular formula is C14H17NO2. The zero-order chi connectivity index (χ0) is 12.1. The van der Waals surface area contributed by atoms with E-state index < -0.39 is 5.97 Å². The van der Waals surface area contributed by atoms with E-state index in [1.165, 1.54) is 0 Å². The first-order valence-electron chi connectivity index (χ1n) is 5.96. The zero-order valence-corrected chi connectivity index (χ0v) is 9.75. The van der Waals surface area contributed by atoms with E-state index in [1.54, 1.807) is 0 Å². The second-order valence-corrected chi connectivity index (χ2v) is 4.30. The first-order valence-corrected chi connectivity index (χ1v) is 5.96. The molecule has 0 saturated carbocycles. The second kappa shape index (κ2) is 5.64. The van der Waals surface area contributed by atoms with Gasteiger partial charge in [0.2, 0.25) is 0 Å². The minimum absolute atomic E-state index is 0.296. The van der Waals surface area contributed by atoms with Crippen LogP contribution in [0.4, 0.5) is 0 Å². The van der Waals surface area contributed by atoms with Crippen molar-refractivity contribution in [2.75, 3.05) is 13.1 Å². The third-order valence-corrected chi connectivity index (χ3v) is 3.10. The highest BCUT2D eigenvalue weighted by atomic mass is 16.4. The predicted octanol–water partition coefficient (Wildman–Crippen LogP) is 2.25. The number of likely N-dealkylation sites (tertiary alicyclic amines) is 1. The van der Waals surface area contributed by atoms with Gasteiger partial charge >= 0.3 is 5.97 Å². The van der Waals surface area contributed by atoms with Gasteiger partial charge in [-0.15, -0.1) is 0 Å². The maximum Gasteiger partial charge on any atom is 0.320 e. The Bertz CT molecular complexity index is 400. The van der Waals surface area contributed by atoms with E-state index in [-0.39, 0.29) is 6.04 Å². The summed E-state index contributed by atoms with van der Waals surface area (Å²) in [6.07, 6.45) is 5.83. The van der Waals surface area contributed by atoms with Gasteiger partial charge in [-0.2, -0.15) is 0 Å². The molecule has 3 heteroatoms. The lowest BCUT2D eigenvalue weighted by atomic mass is 10.2. The highest BCUT2D eigenvalue weighted by Crippen LogP contribution is 2.17. The van der Waals surface area contributed by atoms with Gasteiger partial charge in [-0.05, 0) is 24.9 Å². The highest BCUT2D eigenvalue weighted by Gasteiger charge is 2.29. The van der Waals surface area contributed by atoms with E-state index in [2.05, 4.69) is 0 Å². The van der Waals surface area contributed by atoms with Crippen LogP contribution in [0.2, 0.25) is 0 Å². The molecule has 17 heavy (non-hydrogen) atoms. The van der Waals surface area contributed by atoms with Crippen molar-refractivity contribution >= 4 is 12.0 Å². The molecule has 1 aromatic rings. The van der Waals surface area contributed by atoms with Gasteiger partial charge in [0.25, 0.3) is 0 Å². The van der Waals surface area contributed by atoms with Crippen molar-refractivity contribution in [2.24, 2.45) is 0 Å². The molecule has 1 saturated heterocycles. The van der Waals surface area contributed by atoms with Crippen LogP contribution in [0.1, 0.15) is 18.4 Å². The smallest absolute Gasteiger partial charge is 0.320 e. The van der Waals surface area contributed by atoms with Crippen molar-refractivity contribution in [3.05, 3.63) is 42.0 Å². The van der Waals surface area contributed by atoms with E-state index in [0.29, 0.717) is 6.54 Å². The maximum atomic E-state index is 11.0. The van der Waals surface area contributed by atoms with Crippen LogP contribution in [0.25, 0.3) is 6.08 Å². The number of benzene rings is 1. The van der Waals surface area contributed by atoms with Crippen molar-refractivity contribution in [1.82, 2.24) is 4.90 Å². The summed E-state index contributed by atoms with van der Waals surface area (Å²) in [5.41, 5.74) is 1.15. The summed E-state index contributed by atoms with van der Waals surface area (Å²) in [5, 5.41) is 9.03. The molecule has 1 aliphatic rings. The minimum atomic E-state index is -0.699. The topological polar surface area (TPSA) is 40.5 Å². The van der Waals surface area contributed by atoms with Crippen LogP contribution >= 0.6 is 0 Å². The Morgan fingerprint density at radius 1 is 1.41 bits per heavy atom. The molecule has 1 unspecified atom stereocenters. The third-order valence-electron chi connectivity index (χ3n) is 3.10. The molecule has 1 aliphatic heterocycles. The van der Waals surface area contributed by atoms with Gasteiger partial charge in [0.15, 0.2) is 0 Å². The van der Waals surface area contributed by atoms with Crippen molar-refractivity contribution in [3.63, 3.8) is 0 Å². The summed E-state index contributed by atoms with van der Waals surface area (Å²) >= 11 is 0. The molecule has 3 nitrogen and oxygen atoms in total. The van der Waals surface area contributed by atoms with Crippen molar-refractivity contribution in [3.8, 4) is 0 Å². The minimum Gasteiger partial charge on any atom is -0.480 e. The van der Waals surface area contributed by atoms with E-state index in [4.69, 9.17) is 5.11 Å². The van der Waals surface area contributed by atoms with Crippen LogP contribution in [0.15, 0.2) is 36.4 Å². The first-order chi connectivity index (χ1) is 8.27. The van der Waals surface area contributed by atoms with Gasteiger partial charge < -0.3 is 5.11 Å². The van der Waals surface area contributed by atoms with Crippen LogP contribution in [0.5, 0.6) is 0 Å². The quantitative estimate of drug-likeness (QED) is 0.864. The number of carboxylic acids is 1. The molecule has 90 valence electrons. The van der Waals surface area contributed by atoms with Crippen LogP contribution < -0.4 is 0 Å². The number of aliphatic carboxylic acids is 1. The third kappa shape index (κ3) is 3.17. The lowest BCUT2D eigenvalue weighted by molar-refractivity contribution is -0.141. The average Bonchev–Trinajstić information content (AvgIpc) is 2.79. The van der Waals surface area contributed by atoms with Gasteiger partial charge in [0.05, 0.1) is 0 Å². The molecule has 0 radical (unpaired) electrons. The summed E-state index contributed by atoms with van der Waals surface area (Å²) in [6.45, 7) is 1.60. The molecule has 2 rings (SSSR count). The molecule has 1 fully saturated rings. The SMILES string of the molecule is O=C(O)C1CCCN1CC=Cc1ccccc1. The summed E-state index contributed by atoms with van der Waals surface area (Å²) in [7, 11) is 0. The fourth-order valence-corrected chi connectivity index (χ4v) is 2.21. The average molecular weight is 231 g/mol. The molecule has 1 heterocycles. The molecule has 0 bridgehead atoms. The number of carboxylic acid groups (broad SMARTS) is 1. The number of hydrogen-bond acceptors (Lipinski definition) is 2. The summed E-state index contributed by atoms with van der Waals surface area (Å²) in [6, 6.07) is 9.75. The molecule has 0 aliphatic carbocycles. The highest BCUT2D eigenvalue weighted by molar-refractivity contribution is 5.73. The maximum absolute atomic E-state index is 11.0. The molecule has 0 spiro atoms. The van der Waals surface area contributed by atoms with Crippen molar-refractivity contribution < 1.29 is 9.90 Å². The van der Waals surface area contributed by atoms with Gasteiger partial charge in [0, 0.05) is 6.54 Å². The Balaban J connectivity index is 1.90. The first kappa shape index (κ1) is 11.9.